The minimum Gasteiger partial charge on any atom is -0.496 e. The number of rotatable bonds is 3. The van der Waals surface area contributed by atoms with E-state index in [4.69, 9.17) is 9.84 Å². The lowest BCUT2D eigenvalue weighted by molar-refractivity contribution is -0.143. The number of likely N-dealkylation sites (tertiary alicyclic amines) is 1. The van der Waals surface area contributed by atoms with Gasteiger partial charge in [-0.1, -0.05) is 0 Å². The van der Waals surface area contributed by atoms with Crippen LogP contribution in [0.25, 0.3) is 0 Å². The van der Waals surface area contributed by atoms with Crippen molar-refractivity contribution in [3.63, 3.8) is 0 Å². The number of methoxy groups -OCH3 is 1. The summed E-state index contributed by atoms with van der Waals surface area (Å²) in [5.74, 6) is -0.505. The fraction of sp³-hybridized carbons (Fsp3) is 0.429. The van der Waals surface area contributed by atoms with Crippen LogP contribution in [-0.2, 0) is 4.79 Å². The summed E-state index contributed by atoms with van der Waals surface area (Å²) >= 11 is 3.35. The number of carboxylic acid groups (broad SMARTS) is 1. The number of amides is 1. The van der Waals surface area contributed by atoms with Crippen LogP contribution >= 0.6 is 15.9 Å². The van der Waals surface area contributed by atoms with Crippen molar-refractivity contribution >= 4 is 27.8 Å². The van der Waals surface area contributed by atoms with Crippen molar-refractivity contribution in [2.45, 2.75) is 12.8 Å². The summed E-state index contributed by atoms with van der Waals surface area (Å²) in [6.45, 7) is 0.971. The fourth-order valence-corrected chi connectivity index (χ4v) is 2.85. The molecule has 1 N–H and O–H groups in total. The number of carboxylic acids is 1. The summed E-state index contributed by atoms with van der Waals surface area (Å²) in [6.07, 6.45) is 1.02. The van der Waals surface area contributed by atoms with Crippen LogP contribution in [0.15, 0.2) is 22.7 Å². The van der Waals surface area contributed by atoms with Gasteiger partial charge in [0.2, 0.25) is 0 Å². The van der Waals surface area contributed by atoms with Crippen LogP contribution in [0, 0.1) is 5.92 Å². The molecule has 1 saturated heterocycles. The SMILES string of the molecule is COc1ccc(C(=O)N2CCC(C(=O)O)CC2)cc1Br. The Morgan fingerprint density at radius 1 is 1.35 bits per heavy atom. The first-order chi connectivity index (χ1) is 9.52. The number of carbonyl (C=O) groups excluding carboxylic acids is 1. The number of piperidine rings is 1. The Labute approximate surface area is 125 Å². The van der Waals surface area contributed by atoms with Gasteiger partial charge in [0, 0.05) is 18.7 Å². The zero-order chi connectivity index (χ0) is 14.7. The van der Waals surface area contributed by atoms with Crippen LogP contribution in [0.3, 0.4) is 0 Å². The van der Waals surface area contributed by atoms with Crippen molar-refractivity contribution in [3.05, 3.63) is 28.2 Å². The van der Waals surface area contributed by atoms with Crippen LogP contribution in [0.1, 0.15) is 23.2 Å². The lowest BCUT2D eigenvalue weighted by Gasteiger charge is -2.30. The molecule has 2 rings (SSSR count). The van der Waals surface area contributed by atoms with Gasteiger partial charge < -0.3 is 14.7 Å². The zero-order valence-electron chi connectivity index (χ0n) is 11.1. The third-order valence-electron chi connectivity index (χ3n) is 3.53. The van der Waals surface area contributed by atoms with E-state index < -0.39 is 5.97 Å². The van der Waals surface area contributed by atoms with Gasteiger partial charge in [-0.15, -0.1) is 0 Å². The van der Waals surface area contributed by atoms with E-state index in [1.54, 1.807) is 30.2 Å². The van der Waals surface area contributed by atoms with Crippen LogP contribution < -0.4 is 4.74 Å². The summed E-state index contributed by atoms with van der Waals surface area (Å²) in [6, 6.07) is 5.18. The van der Waals surface area contributed by atoms with Crippen molar-refractivity contribution in [1.82, 2.24) is 4.90 Å². The van der Waals surface area contributed by atoms with E-state index in [0.29, 0.717) is 37.2 Å². The molecule has 1 fully saturated rings. The van der Waals surface area contributed by atoms with Crippen molar-refractivity contribution in [3.8, 4) is 5.75 Å². The van der Waals surface area contributed by atoms with E-state index in [1.807, 2.05) is 0 Å². The fourth-order valence-electron chi connectivity index (χ4n) is 2.31. The summed E-state index contributed by atoms with van der Waals surface area (Å²) in [5, 5.41) is 8.95. The van der Waals surface area contributed by atoms with Gasteiger partial charge in [0.1, 0.15) is 5.75 Å². The standard InChI is InChI=1S/C14H16BrNO4/c1-20-12-3-2-10(8-11(12)15)13(17)16-6-4-9(5-7-16)14(18)19/h2-3,8-9H,4-7H2,1H3,(H,18,19). The molecular formula is C14H16BrNO4. The van der Waals surface area contributed by atoms with Crippen molar-refractivity contribution in [2.75, 3.05) is 20.2 Å². The number of carbonyl (C=O) groups is 2. The second-order valence-corrected chi connectivity index (χ2v) is 5.61. The lowest BCUT2D eigenvalue weighted by atomic mass is 9.96. The quantitative estimate of drug-likeness (QED) is 0.916. The Morgan fingerprint density at radius 2 is 2.00 bits per heavy atom. The highest BCUT2D eigenvalue weighted by Gasteiger charge is 2.27. The molecule has 0 atom stereocenters. The van der Waals surface area contributed by atoms with E-state index in [9.17, 15) is 9.59 Å². The molecule has 108 valence electrons. The highest BCUT2D eigenvalue weighted by atomic mass is 79.9. The maximum Gasteiger partial charge on any atom is 0.306 e. The predicted molar refractivity (Wildman–Crippen MR) is 77.0 cm³/mol. The summed E-state index contributed by atoms with van der Waals surface area (Å²) in [4.78, 5) is 24.9. The summed E-state index contributed by atoms with van der Waals surface area (Å²) < 4.78 is 5.86. The van der Waals surface area contributed by atoms with Gasteiger partial charge in [-0.25, -0.2) is 0 Å². The Balaban J connectivity index is 2.05. The van der Waals surface area contributed by atoms with Crippen LogP contribution in [-0.4, -0.2) is 42.1 Å². The maximum absolute atomic E-state index is 12.3. The second kappa shape index (κ2) is 6.26. The third-order valence-corrected chi connectivity index (χ3v) is 4.15. The zero-order valence-corrected chi connectivity index (χ0v) is 12.7. The Hall–Kier alpha value is -1.56. The minimum atomic E-state index is -0.774. The third kappa shape index (κ3) is 3.12. The Morgan fingerprint density at radius 3 is 2.50 bits per heavy atom. The number of hydrogen-bond acceptors (Lipinski definition) is 3. The molecule has 1 amide bonds. The molecule has 0 aromatic heterocycles. The second-order valence-electron chi connectivity index (χ2n) is 4.75. The van der Waals surface area contributed by atoms with Crippen molar-refractivity contribution in [1.29, 1.82) is 0 Å². The van der Waals surface area contributed by atoms with Crippen LogP contribution in [0.2, 0.25) is 0 Å². The van der Waals surface area contributed by atoms with Crippen molar-refractivity contribution < 1.29 is 19.4 Å². The summed E-state index contributed by atoms with van der Waals surface area (Å²) in [5.41, 5.74) is 0.575. The Bertz CT molecular complexity index is 524. The average molecular weight is 342 g/mol. The number of halogens is 1. The molecule has 1 aromatic carbocycles. The van der Waals surface area contributed by atoms with Crippen LogP contribution in [0.4, 0.5) is 0 Å². The number of aliphatic carboxylic acids is 1. The van der Waals surface area contributed by atoms with Crippen LogP contribution in [0.5, 0.6) is 5.75 Å². The molecule has 0 saturated carbocycles. The topological polar surface area (TPSA) is 66.8 Å². The van der Waals surface area contributed by atoms with Gasteiger partial charge in [0.15, 0.2) is 0 Å². The van der Waals surface area contributed by atoms with E-state index in [2.05, 4.69) is 15.9 Å². The monoisotopic (exact) mass is 341 g/mol. The highest BCUT2D eigenvalue weighted by Crippen LogP contribution is 2.27. The molecule has 5 nitrogen and oxygen atoms in total. The first-order valence-electron chi connectivity index (χ1n) is 6.38. The van der Waals surface area contributed by atoms with Gasteiger partial charge in [0.25, 0.3) is 5.91 Å². The molecule has 0 aliphatic carbocycles. The first kappa shape index (κ1) is 14.8. The molecule has 1 aromatic rings. The van der Waals surface area contributed by atoms with Gasteiger partial charge in [0.05, 0.1) is 17.5 Å². The molecule has 1 heterocycles. The number of nitrogens with zero attached hydrogens (tertiary/aromatic N) is 1. The number of ether oxygens (including phenoxy) is 1. The van der Waals surface area contributed by atoms with E-state index in [1.165, 1.54) is 0 Å². The van der Waals surface area contributed by atoms with E-state index >= 15 is 0 Å². The van der Waals surface area contributed by atoms with Crippen molar-refractivity contribution in [2.24, 2.45) is 5.92 Å². The van der Waals surface area contributed by atoms with E-state index in [0.717, 1.165) is 4.47 Å². The molecule has 1 aliphatic heterocycles. The van der Waals surface area contributed by atoms with Gasteiger partial charge in [-0.05, 0) is 47.0 Å². The molecule has 0 spiro atoms. The molecule has 0 bridgehead atoms. The molecular weight excluding hydrogens is 326 g/mol. The van der Waals surface area contributed by atoms with E-state index in [-0.39, 0.29) is 11.8 Å². The Kier molecular flexibility index (Phi) is 4.65. The lowest BCUT2D eigenvalue weighted by Crippen LogP contribution is -2.40. The first-order valence-corrected chi connectivity index (χ1v) is 7.18. The van der Waals surface area contributed by atoms with Gasteiger partial charge in [-0.2, -0.15) is 0 Å². The normalized spacial score (nSPS) is 16.0. The maximum atomic E-state index is 12.3. The highest BCUT2D eigenvalue weighted by molar-refractivity contribution is 9.10. The number of benzene rings is 1. The largest absolute Gasteiger partial charge is 0.496 e. The average Bonchev–Trinajstić information content (AvgIpc) is 2.46. The summed E-state index contributed by atoms with van der Waals surface area (Å²) in [7, 11) is 1.57. The molecule has 20 heavy (non-hydrogen) atoms. The molecule has 0 unspecified atom stereocenters. The molecule has 0 radical (unpaired) electrons. The molecule has 6 heteroatoms. The molecule has 1 aliphatic rings. The van der Waals surface area contributed by atoms with Gasteiger partial charge >= 0.3 is 5.97 Å². The predicted octanol–water partition coefficient (Wildman–Crippen LogP) is 2.39. The number of hydrogen-bond donors (Lipinski definition) is 1. The van der Waals surface area contributed by atoms with Gasteiger partial charge in [-0.3, -0.25) is 9.59 Å². The smallest absolute Gasteiger partial charge is 0.306 e. The minimum absolute atomic E-state index is 0.0720.